The Hall–Kier alpha value is -2.05. The molecule has 19 heavy (non-hydrogen) atoms. The lowest BCUT2D eigenvalue weighted by atomic mass is 9.87. The molecule has 106 valence electrons. The number of carbonyl (C=O) groups excluding carboxylic acids is 1. The first kappa shape index (κ1) is 15.0. The average molecular weight is 268 g/mol. The van der Waals surface area contributed by atoms with Crippen molar-refractivity contribution in [2.45, 2.75) is 33.7 Å². The van der Waals surface area contributed by atoms with Crippen LogP contribution in [0.15, 0.2) is 6.20 Å². The van der Waals surface area contributed by atoms with Crippen LogP contribution >= 0.6 is 0 Å². The fraction of sp³-hybridized carbons (Fsp3) is 0.583. The van der Waals surface area contributed by atoms with Crippen molar-refractivity contribution in [2.24, 2.45) is 12.5 Å². The van der Waals surface area contributed by atoms with E-state index in [1.54, 1.807) is 45.6 Å². The first-order valence-electron chi connectivity index (χ1n) is 5.92. The fourth-order valence-electron chi connectivity index (χ4n) is 1.66. The van der Waals surface area contributed by atoms with Gasteiger partial charge in [-0.3, -0.25) is 4.68 Å². The van der Waals surface area contributed by atoms with Crippen molar-refractivity contribution < 1.29 is 14.7 Å². The van der Waals surface area contributed by atoms with Crippen molar-refractivity contribution in [3.8, 4) is 0 Å². The van der Waals surface area contributed by atoms with Crippen LogP contribution in [0.5, 0.6) is 0 Å². The highest BCUT2D eigenvalue weighted by Gasteiger charge is 2.32. The van der Waals surface area contributed by atoms with Gasteiger partial charge >= 0.3 is 12.0 Å². The molecule has 0 aliphatic heterocycles. The molecule has 1 atom stereocenters. The molecule has 1 aromatic heterocycles. The van der Waals surface area contributed by atoms with E-state index >= 15 is 0 Å². The predicted octanol–water partition coefficient (Wildman–Crippen LogP) is 1.35. The number of carboxylic acid groups (broad SMARTS) is 1. The van der Waals surface area contributed by atoms with E-state index in [-0.39, 0.29) is 0 Å². The molecule has 0 aromatic carbocycles. The maximum Gasteiger partial charge on any atom is 0.326 e. The number of anilines is 1. The van der Waals surface area contributed by atoms with Gasteiger partial charge in [-0.25, -0.2) is 9.59 Å². The van der Waals surface area contributed by atoms with Gasteiger partial charge in [0.2, 0.25) is 0 Å². The minimum absolute atomic E-state index is 0.554. The topological polar surface area (TPSA) is 96.3 Å². The molecule has 0 bridgehead atoms. The van der Waals surface area contributed by atoms with E-state index < -0.39 is 23.5 Å². The molecule has 0 aliphatic rings. The number of carbonyl (C=O) groups is 2. The second-order valence-corrected chi connectivity index (χ2v) is 5.54. The number of aliphatic carboxylic acids is 1. The normalized spacial score (nSPS) is 12.9. The van der Waals surface area contributed by atoms with Gasteiger partial charge in [-0.1, -0.05) is 20.8 Å². The summed E-state index contributed by atoms with van der Waals surface area (Å²) in [6.45, 7) is 7.01. The SMILES string of the molecule is Cc1nn(C)cc1NC(=O)N[C@H](C(=O)O)C(C)(C)C. The third-order valence-electron chi connectivity index (χ3n) is 2.65. The van der Waals surface area contributed by atoms with Crippen molar-refractivity contribution in [3.63, 3.8) is 0 Å². The van der Waals surface area contributed by atoms with Crippen LogP contribution < -0.4 is 10.6 Å². The number of amides is 2. The van der Waals surface area contributed by atoms with Crippen LogP contribution in [0, 0.1) is 12.3 Å². The van der Waals surface area contributed by atoms with Crippen LogP contribution in [0.1, 0.15) is 26.5 Å². The first-order valence-corrected chi connectivity index (χ1v) is 5.92. The van der Waals surface area contributed by atoms with Gasteiger partial charge in [0.05, 0.1) is 11.4 Å². The number of hydrogen-bond donors (Lipinski definition) is 3. The van der Waals surface area contributed by atoms with Crippen LogP contribution in [0.3, 0.4) is 0 Å². The third-order valence-corrected chi connectivity index (χ3v) is 2.65. The molecule has 0 aliphatic carbocycles. The van der Waals surface area contributed by atoms with Gasteiger partial charge in [-0.2, -0.15) is 5.10 Å². The molecule has 0 saturated heterocycles. The Morgan fingerprint density at radius 1 is 1.42 bits per heavy atom. The van der Waals surface area contributed by atoms with E-state index in [0.29, 0.717) is 11.4 Å². The number of urea groups is 1. The quantitative estimate of drug-likeness (QED) is 0.771. The van der Waals surface area contributed by atoms with Crippen molar-refractivity contribution in [1.82, 2.24) is 15.1 Å². The Kier molecular flexibility index (Phi) is 4.18. The van der Waals surface area contributed by atoms with Gasteiger partial charge in [-0.05, 0) is 12.3 Å². The predicted molar refractivity (Wildman–Crippen MR) is 71.0 cm³/mol. The summed E-state index contributed by atoms with van der Waals surface area (Å²) in [6, 6.07) is -1.53. The summed E-state index contributed by atoms with van der Waals surface area (Å²) in [4.78, 5) is 23.0. The molecule has 0 spiro atoms. The zero-order valence-electron chi connectivity index (χ0n) is 11.8. The zero-order valence-corrected chi connectivity index (χ0v) is 11.8. The van der Waals surface area contributed by atoms with E-state index in [4.69, 9.17) is 5.11 Å². The molecule has 3 N–H and O–H groups in total. The molecule has 0 radical (unpaired) electrons. The molecule has 0 fully saturated rings. The fourth-order valence-corrected chi connectivity index (χ4v) is 1.66. The minimum Gasteiger partial charge on any atom is -0.480 e. The molecular formula is C12H20N4O3. The Balaban J connectivity index is 2.74. The highest BCUT2D eigenvalue weighted by atomic mass is 16.4. The zero-order chi connectivity index (χ0) is 14.8. The molecule has 1 rings (SSSR count). The summed E-state index contributed by atoms with van der Waals surface area (Å²) in [5.41, 5.74) is 0.644. The van der Waals surface area contributed by atoms with E-state index in [2.05, 4.69) is 15.7 Å². The van der Waals surface area contributed by atoms with Crippen molar-refractivity contribution in [1.29, 1.82) is 0 Å². The standard InChI is InChI=1S/C12H20N4O3/c1-7-8(6-16(5)15-7)13-11(19)14-9(10(17)18)12(2,3)4/h6,9H,1-5H3,(H,17,18)(H2,13,14,19)/t9-/m1/s1. The molecule has 0 saturated carbocycles. The Morgan fingerprint density at radius 3 is 2.37 bits per heavy atom. The van der Waals surface area contributed by atoms with Gasteiger partial charge in [0.25, 0.3) is 0 Å². The lowest BCUT2D eigenvalue weighted by Crippen LogP contribution is -2.50. The summed E-state index contributed by atoms with van der Waals surface area (Å²) in [5.74, 6) is -1.06. The number of aryl methyl sites for hydroxylation is 2. The Labute approximate surface area is 112 Å². The smallest absolute Gasteiger partial charge is 0.326 e. The monoisotopic (exact) mass is 268 g/mol. The summed E-state index contributed by atoms with van der Waals surface area (Å²) in [6.07, 6.45) is 1.65. The third kappa shape index (κ3) is 3.97. The molecule has 0 unspecified atom stereocenters. The number of rotatable bonds is 3. The van der Waals surface area contributed by atoms with Gasteiger partial charge in [0.15, 0.2) is 0 Å². The van der Waals surface area contributed by atoms with Gasteiger partial charge in [-0.15, -0.1) is 0 Å². The lowest BCUT2D eigenvalue weighted by molar-refractivity contribution is -0.141. The number of carboxylic acids is 1. The van der Waals surface area contributed by atoms with E-state index in [9.17, 15) is 9.59 Å². The molecular weight excluding hydrogens is 248 g/mol. The van der Waals surface area contributed by atoms with Gasteiger partial charge in [0.1, 0.15) is 6.04 Å². The van der Waals surface area contributed by atoms with Crippen LogP contribution in [-0.4, -0.2) is 32.9 Å². The minimum atomic E-state index is -1.06. The largest absolute Gasteiger partial charge is 0.480 e. The second kappa shape index (κ2) is 5.29. The van der Waals surface area contributed by atoms with Crippen molar-refractivity contribution >= 4 is 17.7 Å². The highest BCUT2D eigenvalue weighted by Crippen LogP contribution is 2.19. The number of hydrogen-bond acceptors (Lipinski definition) is 3. The van der Waals surface area contributed by atoms with E-state index in [0.717, 1.165) is 0 Å². The Morgan fingerprint density at radius 2 is 2.00 bits per heavy atom. The second-order valence-electron chi connectivity index (χ2n) is 5.54. The van der Waals surface area contributed by atoms with E-state index in [1.807, 2.05) is 0 Å². The van der Waals surface area contributed by atoms with Crippen molar-refractivity contribution in [3.05, 3.63) is 11.9 Å². The van der Waals surface area contributed by atoms with Gasteiger partial charge in [0, 0.05) is 13.2 Å². The van der Waals surface area contributed by atoms with Crippen LogP contribution in [0.4, 0.5) is 10.5 Å². The van der Waals surface area contributed by atoms with Crippen LogP contribution in [0.25, 0.3) is 0 Å². The molecule has 7 heteroatoms. The average Bonchev–Trinajstić information content (AvgIpc) is 2.52. The highest BCUT2D eigenvalue weighted by molar-refractivity contribution is 5.92. The lowest BCUT2D eigenvalue weighted by Gasteiger charge is -2.27. The molecule has 1 heterocycles. The van der Waals surface area contributed by atoms with Gasteiger partial charge < -0.3 is 15.7 Å². The van der Waals surface area contributed by atoms with E-state index in [1.165, 1.54) is 0 Å². The summed E-state index contributed by atoms with van der Waals surface area (Å²) in [7, 11) is 1.74. The molecule has 2 amide bonds. The number of aromatic nitrogens is 2. The number of nitrogens with one attached hydrogen (secondary N) is 2. The van der Waals surface area contributed by atoms with Crippen molar-refractivity contribution in [2.75, 3.05) is 5.32 Å². The molecule has 1 aromatic rings. The summed E-state index contributed by atoms with van der Waals surface area (Å²) in [5, 5.41) is 18.3. The molecule has 7 nitrogen and oxygen atoms in total. The summed E-state index contributed by atoms with van der Waals surface area (Å²) >= 11 is 0. The first-order chi connectivity index (χ1) is 8.61. The summed E-state index contributed by atoms with van der Waals surface area (Å²) < 4.78 is 1.57. The van der Waals surface area contributed by atoms with Crippen LogP contribution in [0.2, 0.25) is 0 Å². The van der Waals surface area contributed by atoms with Crippen LogP contribution in [-0.2, 0) is 11.8 Å². The number of nitrogens with zero attached hydrogens (tertiary/aromatic N) is 2. The Bertz CT molecular complexity index is 488. The maximum atomic E-state index is 11.8. The maximum absolute atomic E-state index is 11.8.